The number of carbonyl (C=O) groups excluding carboxylic acids is 3. The molecule has 1 rings (SSSR count). The van der Waals surface area contributed by atoms with Crippen LogP contribution in [0.25, 0.3) is 0 Å². The van der Waals surface area contributed by atoms with E-state index in [2.05, 4.69) is 10.6 Å². The van der Waals surface area contributed by atoms with Crippen LogP contribution in [0.15, 0.2) is 18.2 Å². The van der Waals surface area contributed by atoms with Gasteiger partial charge < -0.3 is 20.5 Å². The Morgan fingerprint density at radius 3 is 2.25 bits per heavy atom. The van der Waals surface area contributed by atoms with E-state index in [0.29, 0.717) is 45.6 Å². The number of Topliss-reactive ketones (excluding diaryl/α,β-unsaturated/α-hetero) is 2. The van der Waals surface area contributed by atoms with Crippen molar-refractivity contribution in [3.63, 3.8) is 0 Å². The zero-order chi connectivity index (χ0) is 24.5. The minimum atomic E-state index is -0.831. The number of hydrogen-bond acceptors (Lipinski definition) is 6. The summed E-state index contributed by atoms with van der Waals surface area (Å²) in [5, 5.41) is 13.7. The summed E-state index contributed by atoms with van der Waals surface area (Å²) in [6, 6.07) is 5.82. The molecule has 0 bridgehead atoms. The van der Waals surface area contributed by atoms with Gasteiger partial charge in [0.2, 0.25) is 6.41 Å². The van der Waals surface area contributed by atoms with Crippen LogP contribution >= 0.6 is 0 Å². The van der Waals surface area contributed by atoms with Crippen molar-refractivity contribution >= 4 is 29.6 Å². The highest BCUT2D eigenvalue weighted by Gasteiger charge is 2.11. The van der Waals surface area contributed by atoms with Gasteiger partial charge in [0.1, 0.15) is 5.78 Å². The van der Waals surface area contributed by atoms with E-state index >= 15 is 0 Å². The first-order valence-electron chi connectivity index (χ1n) is 11.0. The molecule has 0 atom stereocenters. The van der Waals surface area contributed by atoms with Gasteiger partial charge in [0.15, 0.2) is 5.78 Å². The molecule has 0 aliphatic carbocycles. The third-order valence-electron chi connectivity index (χ3n) is 4.39. The number of aliphatic carboxylic acids is 1. The second-order valence-electron chi connectivity index (χ2n) is 8.09. The molecule has 0 saturated carbocycles. The molecule has 0 heterocycles. The van der Waals surface area contributed by atoms with Crippen molar-refractivity contribution in [2.75, 3.05) is 31.6 Å². The predicted molar refractivity (Wildman–Crippen MR) is 125 cm³/mol. The number of ketones is 2. The van der Waals surface area contributed by atoms with Gasteiger partial charge in [-0.3, -0.25) is 19.2 Å². The highest BCUT2D eigenvalue weighted by Crippen LogP contribution is 2.17. The highest BCUT2D eigenvalue weighted by atomic mass is 16.5. The van der Waals surface area contributed by atoms with Gasteiger partial charge >= 0.3 is 5.97 Å². The number of carbonyl (C=O) groups is 4. The third-order valence-corrected chi connectivity index (χ3v) is 4.39. The zero-order valence-corrected chi connectivity index (χ0v) is 19.9. The van der Waals surface area contributed by atoms with E-state index in [0.717, 1.165) is 16.8 Å². The molecule has 8 nitrogen and oxygen atoms in total. The monoisotopic (exact) mass is 450 g/mol. The average molecular weight is 451 g/mol. The molecule has 180 valence electrons. The Hall–Kier alpha value is -2.74. The minimum Gasteiger partial charge on any atom is -0.481 e. The molecule has 0 fully saturated rings. The third kappa shape index (κ3) is 14.3. The number of hydrogen-bond donors (Lipinski definition) is 3. The lowest BCUT2D eigenvalue weighted by Crippen LogP contribution is -2.14. The molecule has 1 aromatic carbocycles. The summed E-state index contributed by atoms with van der Waals surface area (Å²) >= 11 is 0. The molecule has 0 radical (unpaired) electrons. The van der Waals surface area contributed by atoms with Crippen LogP contribution in [-0.2, 0) is 19.1 Å². The van der Waals surface area contributed by atoms with Gasteiger partial charge in [-0.05, 0) is 37.1 Å². The first kappa shape index (κ1) is 29.3. The molecule has 1 amide bonds. The van der Waals surface area contributed by atoms with E-state index in [4.69, 9.17) is 9.84 Å². The molecular formula is C24H38N2O6. The topological polar surface area (TPSA) is 122 Å². The SMILES string of the molecule is Cc1cc(NCCOCCC(=O)C(C)C)cc(C(=O)C(C)C)c1.O=CNCCCC(=O)O. The Balaban J connectivity index is 0.000000900. The number of anilines is 1. The van der Waals surface area contributed by atoms with E-state index in [1.807, 2.05) is 52.8 Å². The van der Waals surface area contributed by atoms with Crippen LogP contribution in [0.3, 0.4) is 0 Å². The highest BCUT2D eigenvalue weighted by molar-refractivity contribution is 5.98. The fourth-order valence-electron chi connectivity index (χ4n) is 2.59. The Kier molecular flexibility index (Phi) is 15.4. The standard InChI is InChI=1S/C19H29NO3.C5H9NO3/c1-13(2)18(21)6-8-23-9-7-20-17-11-15(5)10-16(12-17)19(22)14(3)4;7-4-6-3-1-2-5(8)9/h10-14,20H,6-9H2,1-5H3;4H,1-3H2,(H,6,7)(H,8,9). The number of carboxylic acid groups (broad SMARTS) is 1. The molecule has 0 unspecified atom stereocenters. The average Bonchev–Trinajstić information content (AvgIpc) is 2.72. The van der Waals surface area contributed by atoms with Gasteiger partial charge in [-0.15, -0.1) is 0 Å². The van der Waals surface area contributed by atoms with Gasteiger partial charge in [0.25, 0.3) is 0 Å². The molecule has 3 N–H and O–H groups in total. The second-order valence-corrected chi connectivity index (χ2v) is 8.09. The zero-order valence-electron chi connectivity index (χ0n) is 19.9. The number of rotatable bonds is 15. The van der Waals surface area contributed by atoms with Crippen LogP contribution in [0.1, 0.15) is 62.9 Å². The van der Waals surface area contributed by atoms with Gasteiger partial charge in [-0.25, -0.2) is 0 Å². The lowest BCUT2D eigenvalue weighted by atomic mass is 9.99. The normalized spacial score (nSPS) is 10.3. The van der Waals surface area contributed by atoms with Gasteiger partial charge in [0.05, 0.1) is 13.2 Å². The first-order valence-corrected chi connectivity index (χ1v) is 11.0. The van der Waals surface area contributed by atoms with Crippen molar-refractivity contribution in [2.24, 2.45) is 11.8 Å². The van der Waals surface area contributed by atoms with Crippen molar-refractivity contribution < 1.29 is 29.0 Å². The fourth-order valence-corrected chi connectivity index (χ4v) is 2.59. The van der Waals surface area contributed by atoms with E-state index in [-0.39, 0.29) is 29.8 Å². The predicted octanol–water partition coefficient (Wildman–Crippen LogP) is 3.47. The van der Waals surface area contributed by atoms with Gasteiger partial charge in [-0.2, -0.15) is 0 Å². The largest absolute Gasteiger partial charge is 0.481 e. The summed E-state index contributed by atoms with van der Waals surface area (Å²) in [4.78, 5) is 43.0. The van der Waals surface area contributed by atoms with E-state index < -0.39 is 5.97 Å². The number of aryl methyl sites for hydroxylation is 1. The second kappa shape index (κ2) is 16.9. The minimum absolute atomic E-state index is 0.00789. The van der Waals surface area contributed by atoms with Gasteiger partial charge in [0, 0.05) is 49.0 Å². The van der Waals surface area contributed by atoms with Crippen molar-refractivity contribution in [3.05, 3.63) is 29.3 Å². The van der Waals surface area contributed by atoms with Gasteiger partial charge in [-0.1, -0.05) is 27.7 Å². The molecule has 0 aliphatic rings. The molecule has 1 aromatic rings. The molecular weight excluding hydrogens is 412 g/mol. The molecule has 0 aliphatic heterocycles. The molecule has 0 spiro atoms. The summed E-state index contributed by atoms with van der Waals surface area (Å²) in [6.07, 6.45) is 1.63. The Labute approximate surface area is 191 Å². The van der Waals surface area contributed by atoms with Crippen LogP contribution in [0.2, 0.25) is 0 Å². The summed E-state index contributed by atoms with van der Waals surface area (Å²) < 4.78 is 5.47. The number of nitrogens with one attached hydrogen (secondary N) is 2. The van der Waals surface area contributed by atoms with E-state index in [9.17, 15) is 19.2 Å². The summed E-state index contributed by atoms with van der Waals surface area (Å²) in [5.41, 5.74) is 2.73. The van der Waals surface area contributed by atoms with Crippen LogP contribution in [0.4, 0.5) is 5.69 Å². The first-order chi connectivity index (χ1) is 15.1. The fraction of sp³-hybridized carbons (Fsp3) is 0.583. The van der Waals surface area contributed by atoms with Crippen LogP contribution in [0, 0.1) is 18.8 Å². The maximum atomic E-state index is 12.1. The van der Waals surface area contributed by atoms with Crippen LogP contribution < -0.4 is 10.6 Å². The molecule has 8 heteroatoms. The number of benzene rings is 1. The summed E-state index contributed by atoms with van der Waals surface area (Å²) in [6.45, 7) is 11.7. The van der Waals surface area contributed by atoms with Crippen molar-refractivity contribution in [1.29, 1.82) is 0 Å². The van der Waals surface area contributed by atoms with Crippen molar-refractivity contribution in [2.45, 2.75) is 53.9 Å². The smallest absolute Gasteiger partial charge is 0.303 e. The Bertz CT molecular complexity index is 731. The molecule has 32 heavy (non-hydrogen) atoms. The lowest BCUT2D eigenvalue weighted by molar-refractivity contribution is -0.137. The number of amides is 1. The quantitative estimate of drug-likeness (QED) is 0.212. The molecule has 0 saturated heterocycles. The van der Waals surface area contributed by atoms with E-state index in [1.54, 1.807) is 0 Å². The van der Waals surface area contributed by atoms with Crippen molar-refractivity contribution in [3.8, 4) is 0 Å². The Morgan fingerprint density at radius 1 is 1.00 bits per heavy atom. The van der Waals surface area contributed by atoms with Crippen LogP contribution in [-0.4, -0.2) is 55.4 Å². The number of carboxylic acids is 1. The van der Waals surface area contributed by atoms with Crippen LogP contribution in [0.5, 0.6) is 0 Å². The lowest BCUT2D eigenvalue weighted by Gasteiger charge is -2.11. The summed E-state index contributed by atoms with van der Waals surface area (Å²) in [7, 11) is 0. The van der Waals surface area contributed by atoms with Crippen molar-refractivity contribution in [1.82, 2.24) is 5.32 Å². The Morgan fingerprint density at radius 2 is 1.69 bits per heavy atom. The number of ether oxygens (including phenoxy) is 1. The summed E-state index contributed by atoms with van der Waals surface area (Å²) in [5.74, 6) is -0.385. The molecule has 0 aromatic heterocycles. The maximum Gasteiger partial charge on any atom is 0.303 e. The maximum absolute atomic E-state index is 12.1. The van der Waals surface area contributed by atoms with E-state index in [1.165, 1.54) is 0 Å².